The summed E-state index contributed by atoms with van der Waals surface area (Å²) in [5, 5.41) is 4.28. The molecule has 1 N–H and O–H groups in total. The van der Waals surface area contributed by atoms with E-state index in [0.717, 1.165) is 5.56 Å². The lowest BCUT2D eigenvalue weighted by Crippen LogP contribution is -2.17. The SMILES string of the molecule is COc1cc(OC)c(Cl)c(-c2ccc(C(=O)Nc3nccn3Cc3ccccc3)c3ncccc23)c1Cl. The van der Waals surface area contributed by atoms with E-state index in [2.05, 4.69) is 15.3 Å². The number of halogens is 2. The molecule has 0 aliphatic rings. The van der Waals surface area contributed by atoms with E-state index >= 15 is 0 Å². The van der Waals surface area contributed by atoms with Gasteiger partial charge in [0.1, 0.15) is 11.5 Å². The molecule has 0 fully saturated rings. The van der Waals surface area contributed by atoms with Crippen LogP contribution in [0.15, 0.2) is 79.3 Å². The molecule has 9 heteroatoms. The van der Waals surface area contributed by atoms with Gasteiger partial charge in [0.2, 0.25) is 5.95 Å². The maximum absolute atomic E-state index is 13.4. The Morgan fingerprint density at radius 1 is 0.919 bits per heavy atom. The molecule has 0 bridgehead atoms. The molecule has 0 saturated heterocycles. The Hall–Kier alpha value is -4.07. The number of benzene rings is 3. The maximum atomic E-state index is 13.4. The van der Waals surface area contributed by atoms with Crippen molar-refractivity contribution in [2.45, 2.75) is 6.54 Å². The maximum Gasteiger partial charge on any atom is 0.260 e. The number of imidazole rings is 1. The molecule has 0 unspecified atom stereocenters. The molecule has 37 heavy (non-hydrogen) atoms. The van der Waals surface area contributed by atoms with Gasteiger partial charge in [-0.05, 0) is 23.3 Å². The first-order valence-corrected chi connectivity index (χ1v) is 12.1. The average Bonchev–Trinajstić information content (AvgIpc) is 3.35. The zero-order valence-electron chi connectivity index (χ0n) is 20.0. The Morgan fingerprint density at radius 3 is 2.35 bits per heavy atom. The molecule has 1 amide bonds. The Bertz CT molecular complexity index is 1570. The van der Waals surface area contributed by atoms with Crippen LogP contribution in [-0.2, 0) is 6.54 Å². The smallest absolute Gasteiger partial charge is 0.260 e. The summed E-state index contributed by atoms with van der Waals surface area (Å²) >= 11 is 13.4. The van der Waals surface area contributed by atoms with Crippen LogP contribution in [0.25, 0.3) is 22.0 Å². The molecular formula is C28H22Cl2N4O3. The molecule has 0 radical (unpaired) electrons. The fourth-order valence-electron chi connectivity index (χ4n) is 4.21. The summed E-state index contributed by atoms with van der Waals surface area (Å²) in [6.45, 7) is 0.572. The number of rotatable bonds is 7. The van der Waals surface area contributed by atoms with Crippen LogP contribution < -0.4 is 14.8 Å². The summed E-state index contributed by atoms with van der Waals surface area (Å²) in [5.41, 5.74) is 3.19. The molecule has 0 atom stereocenters. The van der Waals surface area contributed by atoms with Gasteiger partial charge in [-0.1, -0.05) is 65.7 Å². The predicted molar refractivity (Wildman–Crippen MR) is 146 cm³/mol. The van der Waals surface area contributed by atoms with Crippen molar-refractivity contribution in [1.82, 2.24) is 14.5 Å². The van der Waals surface area contributed by atoms with Crippen molar-refractivity contribution in [2.75, 3.05) is 19.5 Å². The average molecular weight is 533 g/mol. The number of carbonyl (C=O) groups is 1. The molecule has 7 nitrogen and oxygen atoms in total. The number of carbonyl (C=O) groups excluding carboxylic acids is 1. The van der Waals surface area contributed by atoms with Gasteiger partial charge in [0.05, 0.1) is 41.9 Å². The summed E-state index contributed by atoms with van der Waals surface area (Å²) in [6, 6.07) is 18.7. The van der Waals surface area contributed by atoms with E-state index in [4.69, 9.17) is 32.7 Å². The monoisotopic (exact) mass is 532 g/mol. The lowest BCUT2D eigenvalue weighted by atomic mass is 9.97. The summed E-state index contributed by atoms with van der Waals surface area (Å²) in [6.07, 6.45) is 5.11. The number of ether oxygens (including phenoxy) is 2. The van der Waals surface area contributed by atoms with Crippen LogP contribution >= 0.6 is 23.2 Å². The Labute approximate surface area is 223 Å². The first-order valence-electron chi connectivity index (χ1n) is 11.4. The zero-order valence-corrected chi connectivity index (χ0v) is 21.5. The first-order chi connectivity index (χ1) is 18.0. The van der Waals surface area contributed by atoms with Gasteiger partial charge in [-0.15, -0.1) is 0 Å². The van der Waals surface area contributed by atoms with Crippen molar-refractivity contribution < 1.29 is 14.3 Å². The standard InChI is InChI=1S/C28H22Cl2N4O3/c1-36-21-15-22(37-2)25(30)23(24(21)29)18-10-11-20(26-19(18)9-6-12-31-26)27(35)33-28-32-13-14-34(28)16-17-7-4-3-5-8-17/h3-15H,16H2,1-2H3,(H,32,33,35). The van der Waals surface area contributed by atoms with Crippen molar-refractivity contribution in [1.29, 1.82) is 0 Å². The van der Waals surface area contributed by atoms with Gasteiger partial charge >= 0.3 is 0 Å². The molecule has 3 aromatic carbocycles. The van der Waals surface area contributed by atoms with Crippen LogP contribution in [0, 0.1) is 0 Å². The van der Waals surface area contributed by atoms with Crippen molar-refractivity contribution in [2.24, 2.45) is 0 Å². The third-order valence-electron chi connectivity index (χ3n) is 5.99. The van der Waals surface area contributed by atoms with Crippen LogP contribution in [0.4, 0.5) is 5.95 Å². The van der Waals surface area contributed by atoms with Gasteiger partial charge < -0.3 is 14.0 Å². The van der Waals surface area contributed by atoms with E-state index in [-0.39, 0.29) is 5.91 Å². The number of aromatic nitrogens is 3. The summed E-state index contributed by atoms with van der Waals surface area (Å²) in [5.74, 6) is 0.936. The number of anilines is 1. The lowest BCUT2D eigenvalue weighted by Gasteiger charge is -2.17. The topological polar surface area (TPSA) is 78.3 Å². The Balaban J connectivity index is 1.55. The molecule has 5 aromatic rings. The highest BCUT2D eigenvalue weighted by Gasteiger charge is 2.23. The van der Waals surface area contributed by atoms with Crippen molar-refractivity contribution >= 4 is 46.0 Å². The van der Waals surface area contributed by atoms with Crippen LogP contribution in [-0.4, -0.2) is 34.7 Å². The van der Waals surface area contributed by atoms with Gasteiger partial charge in [-0.25, -0.2) is 4.98 Å². The molecule has 186 valence electrons. The first kappa shape index (κ1) is 24.6. The van der Waals surface area contributed by atoms with Gasteiger partial charge in [0.15, 0.2) is 0 Å². The number of amides is 1. The molecule has 0 aliphatic carbocycles. The highest BCUT2D eigenvalue weighted by atomic mass is 35.5. The molecule has 0 spiro atoms. The minimum absolute atomic E-state index is 0.332. The van der Waals surface area contributed by atoms with Crippen molar-refractivity contribution in [3.63, 3.8) is 0 Å². The fraction of sp³-hybridized carbons (Fsp3) is 0.107. The lowest BCUT2D eigenvalue weighted by molar-refractivity contribution is 0.102. The van der Waals surface area contributed by atoms with E-state index in [0.29, 0.717) is 61.6 Å². The third kappa shape index (κ3) is 4.71. The summed E-state index contributed by atoms with van der Waals surface area (Å²) in [7, 11) is 3.04. The minimum atomic E-state index is -0.337. The second-order valence-electron chi connectivity index (χ2n) is 8.16. The van der Waals surface area contributed by atoms with Crippen LogP contribution in [0.1, 0.15) is 15.9 Å². The van der Waals surface area contributed by atoms with Gasteiger partial charge in [-0.2, -0.15) is 0 Å². The number of nitrogens with zero attached hydrogens (tertiary/aromatic N) is 3. The molecule has 2 aromatic heterocycles. The van der Waals surface area contributed by atoms with Gasteiger partial charge in [0.25, 0.3) is 5.91 Å². The Kier molecular flexibility index (Phi) is 6.99. The predicted octanol–water partition coefficient (Wildman–Crippen LogP) is 6.72. The largest absolute Gasteiger partial charge is 0.495 e. The van der Waals surface area contributed by atoms with Crippen LogP contribution in [0.3, 0.4) is 0 Å². The highest BCUT2D eigenvalue weighted by Crippen LogP contribution is 2.47. The molecule has 0 aliphatic heterocycles. The summed E-state index contributed by atoms with van der Waals surface area (Å²) < 4.78 is 12.7. The summed E-state index contributed by atoms with van der Waals surface area (Å²) in [4.78, 5) is 22.3. The van der Waals surface area contributed by atoms with Crippen LogP contribution in [0.2, 0.25) is 10.0 Å². The second kappa shape index (κ2) is 10.5. The van der Waals surface area contributed by atoms with E-state index in [1.807, 2.05) is 47.2 Å². The van der Waals surface area contributed by atoms with Gasteiger partial charge in [-0.3, -0.25) is 15.1 Å². The molecule has 2 heterocycles. The van der Waals surface area contributed by atoms with Crippen molar-refractivity contribution in [3.8, 4) is 22.6 Å². The highest BCUT2D eigenvalue weighted by molar-refractivity contribution is 6.41. The van der Waals surface area contributed by atoms with Crippen molar-refractivity contribution in [3.05, 3.63) is 100 Å². The fourth-order valence-corrected chi connectivity index (χ4v) is 4.91. The van der Waals surface area contributed by atoms with E-state index < -0.39 is 0 Å². The quantitative estimate of drug-likeness (QED) is 0.251. The van der Waals surface area contributed by atoms with E-state index in [1.165, 1.54) is 14.2 Å². The van der Waals surface area contributed by atoms with E-state index in [1.54, 1.807) is 36.7 Å². The van der Waals surface area contributed by atoms with E-state index in [9.17, 15) is 4.79 Å². The third-order valence-corrected chi connectivity index (χ3v) is 6.74. The molecule has 5 rings (SSSR count). The molecule has 0 saturated carbocycles. The number of nitrogens with one attached hydrogen (secondary N) is 1. The number of methoxy groups -OCH3 is 2. The number of fused-ring (bicyclic) bond motifs is 1. The van der Waals surface area contributed by atoms with Gasteiger partial charge in [0, 0.05) is 35.6 Å². The molecular weight excluding hydrogens is 511 g/mol. The number of pyridine rings is 1. The Morgan fingerprint density at radius 2 is 1.65 bits per heavy atom. The zero-order chi connectivity index (χ0) is 25.9. The number of hydrogen-bond donors (Lipinski definition) is 1. The minimum Gasteiger partial charge on any atom is -0.495 e. The second-order valence-corrected chi connectivity index (χ2v) is 8.92. The van der Waals surface area contributed by atoms with Crippen LogP contribution in [0.5, 0.6) is 11.5 Å². The number of hydrogen-bond acceptors (Lipinski definition) is 5. The normalized spacial score (nSPS) is 10.9.